The number of hydrogen-bond donors (Lipinski definition) is 1. The average molecular weight is 185 g/mol. The van der Waals surface area contributed by atoms with Crippen molar-refractivity contribution >= 4 is 0 Å². The minimum atomic E-state index is -0.350. The molecular weight excluding hydrogens is 173 g/mol. The van der Waals surface area contributed by atoms with E-state index >= 15 is 0 Å². The number of rotatable bonds is 4. The summed E-state index contributed by atoms with van der Waals surface area (Å²) in [6.45, 7) is 0.808. The van der Waals surface area contributed by atoms with Gasteiger partial charge in [0.25, 0.3) is 0 Å². The molecule has 0 aliphatic carbocycles. The van der Waals surface area contributed by atoms with Gasteiger partial charge in [-0.05, 0) is 12.1 Å². The molecule has 0 unspecified atom stereocenters. The van der Waals surface area contributed by atoms with E-state index in [0.29, 0.717) is 24.7 Å². The summed E-state index contributed by atoms with van der Waals surface area (Å²) in [6, 6.07) is 4.10. The molecule has 1 aromatic rings. The molecule has 0 aliphatic heterocycles. The number of ether oxygens (including phenoxy) is 2. The van der Waals surface area contributed by atoms with Crippen molar-refractivity contribution in [2.45, 2.75) is 0 Å². The molecule has 0 atom stereocenters. The van der Waals surface area contributed by atoms with E-state index in [1.165, 1.54) is 25.3 Å². The Labute approximate surface area is 76.3 Å². The predicted molar refractivity (Wildman–Crippen MR) is 47.5 cm³/mol. The van der Waals surface area contributed by atoms with Crippen LogP contribution in [0, 0.1) is 5.82 Å². The minimum absolute atomic E-state index is 0.350. The van der Waals surface area contributed by atoms with Crippen molar-refractivity contribution in [3.8, 4) is 11.5 Å². The molecule has 72 valence electrons. The number of halogens is 1. The Kier molecular flexibility index (Phi) is 3.52. The van der Waals surface area contributed by atoms with Crippen molar-refractivity contribution in [3.63, 3.8) is 0 Å². The van der Waals surface area contributed by atoms with Gasteiger partial charge in [-0.2, -0.15) is 0 Å². The van der Waals surface area contributed by atoms with Crippen LogP contribution in [0.1, 0.15) is 0 Å². The normalized spacial score (nSPS) is 9.77. The van der Waals surface area contributed by atoms with Gasteiger partial charge >= 0.3 is 0 Å². The SMILES string of the molecule is COc1cc(F)ccc1OCCN. The molecule has 0 bridgehead atoms. The van der Waals surface area contributed by atoms with Gasteiger partial charge in [-0.3, -0.25) is 0 Å². The molecule has 0 saturated heterocycles. The van der Waals surface area contributed by atoms with Gasteiger partial charge in [-0.25, -0.2) is 4.39 Å². The Hall–Kier alpha value is -1.29. The van der Waals surface area contributed by atoms with Gasteiger partial charge in [0, 0.05) is 12.6 Å². The highest BCUT2D eigenvalue weighted by Crippen LogP contribution is 2.27. The Balaban J connectivity index is 2.79. The molecule has 0 fully saturated rings. The molecule has 0 saturated carbocycles. The maximum Gasteiger partial charge on any atom is 0.163 e. The second kappa shape index (κ2) is 4.67. The summed E-state index contributed by atoms with van der Waals surface area (Å²) < 4.78 is 22.8. The van der Waals surface area contributed by atoms with E-state index in [4.69, 9.17) is 15.2 Å². The van der Waals surface area contributed by atoms with Gasteiger partial charge in [0.15, 0.2) is 11.5 Å². The summed E-state index contributed by atoms with van der Waals surface area (Å²) in [6.07, 6.45) is 0. The predicted octanol–water partition coefficient (Wildman–Crippen LogP) is 1.17. The van der Waals surface area contributed by atoms with Gasteiger partial charge in [0.1, 0.15) is 12.4 Å². The summed E-state index contributed by atoms with van der Waals surface area (Å²) in [4.78, 5) is 0. The van der Waals surface area contributed by atoms with Crippen LogP contribution in [0.3, 0.4) is 0 Å². The fraction of sp³-hybridized carbons (Fsp3) is 0.333. The van der Waals surface area contributed by atoms with Crippen LogP contribution in [-0.4, -0.2) is 20.3 Å². The summed E-state index contributed by atoms with van der Waals surface area (Å²) >= 11 is 0. The summed E-state index contributed by atoms with van der Waals surface area (Å²) in [5.41, 5.74) is 5.26. The van der Waals surface area contributed by atoms with Crippen LogP contribution in [0.4, 0.5) is 4.39 Å². The van der Waals surface area contributed by atoms with E-state index in [1.54, 1.807) is 0 Å². The van der Waals surface area contributed by atoms with Gasteiger partial charge in [-0.15, -0.1) is 0 Å². The van der Waals surface area contributed by atoms with Crippen molar-refractivity contribution in [1.82, 2.24) is 0 Å². The highest BCUT2D eigenvalue weighted by Gasteiger charge is 2.04. The highest BCUT2D eigenvalue weighted by molar-refractivity contribution is 5.39. The first-order valence-corrected chi connectivity index (χ1v) is 3.94. The first-order valence-electron chi connectivity index (χ1n) is 3.94. The third-order valence-corrected chi connectivity index (χ3v) is 1.50. The lowest BCUT2D eigenvalue weighted by atomic mass is 10.3. The maximum atomic E-state index is 12.7. The third-order valence-electron chi connectivity index (χ3n) is 1.50. The largest absolute Gasteiger partial charge is 0.493 e. The maximum absolute atomic E-state index is 12.7. The molecule has 4 heteroatoms. The quantitative estimate of drug-likeness (QED) is 0.765. The number of hydrogen-bond acceptors (Lipinski definition) is 3. The van der Waals surface area contributed by atoms with Crippen LogP contribution < -0.4 is 15.2 Å². The van der Waals surface area contributed by atoms with Crippen molar-refractivity contribution in [3.05, 3.63) is 24.0 Å². The molecule has 13 heavy (non-hydrogen) atoms. The van der Waals surface area contributed by atoms with Crippen LogP contribution in [-0.2, 0) is 0 Å². The zero-order chi connectivity index (χ0) is 9.68. The van der Waals surface area contributed by atoms with E-state index in [2.05, 4.69) is 0 Å². The lowest BCUT2D eigenvalue weighted by Gasteiger charge is -2.09. The smallest absolute Gasteiger partial charge is 0.163 e. The van der Waals surface area contributed by atoms with Crippen molar-refractivity contribution in [1.29, 1.82) is 0 Å². The van der Waals surface area contributed by atoms with Gasteiger partial charge in [-0.1, -0.05) is 0 Å². The van der Waals surface area contributed by atoms with E-state index in [1.807, 2.05) is 0 Å². The second-order valence-corrected chi connectivity index (χ2v) is 2.43. The Bertz CT molecular complexity index is 278. The zero-order valence-corrected chi connectivity index (χ0v) is 7.42. The molecule has 0 spiro atoms. The first kappa shape index (κ1) is 9.80. The zero-order valence-electron chi connectivity index (χ0n) is 7.42. The van der Waals surface area contributed by atoms with Crippen molar-refractivity contribution in [2.24, 2.45) is 5.73 Å². The first-order chi connectivity index (χ1) is 6.27. The highest BCUT2D eigenvalue weighted by atomic mass is 19.1. The summed E-state index contributed by atoms with van der Waals surface area (Å²) in [5.74, 6) is 0.541. The van der Waals surface area contributed by atoms with E-state index in [-0.39, 0.29) is 5.82 Å². The molecule has 0 aliphatic rings. The van der Waals surface area contributed by atoms with Crippen LogP contribution >= 0.6 is 0 Å². The second-order valence-electron chi connectivity index (χ2n) is 2.43. The molecular formula is C9H12FNO2. The van der Waals surface area contributed by atoms with Crippen molar-refractivity contribution < 1.29 is 13.9 Å². The third kappa shape index (κ3) is 2.59. The standard InChI is InChI=1S/C9H12FNO2/c1-12-9-6-7(10)2-3-8(9)13-5-4-11/h2-3,6H,4-5,11H2,1H3. The number of nitrogens with two attached hydrogens (primary N) is 1. The van der Waals surface area contributed by atoms with Crippen LogP contribution in [0.25, 0.3) is 0 Å². The van der Waals surface area contributed by atoms with Crippen LogP contribution in [0.5, 0.6) is 11.5 Å². The number of methoxy groups -OCH3 is 1. The average Bonchev–Trinajstić information content (AvgIpc) is 2.16. The van der Waals surface area contributed by atoms with E-state index < -0.39 is 0 Å². The van der Waals surface area contributed by atoms with Gasteiger partial charge in [0.2, 0.25) is 0 Å². The molecule has 1 rings (SSSR count). The molecule has 1 aromatic carbocycles. The van der Waals surface area contributed by atoms with Crippen LogP contribution in [0.2, 0.25) is 0 Å². The molecule has 0 radical (unpaired) electrons. The lowest BCUT2D eigenvalue weighted by Crippen LogP contribution is -2.11. The fourth-order valence-corrected chi connectivity index (χ4v) is 0.930. The fourth-order valence-electron chi connectivity index (χ4n) is 0.930. The monoisotopic (exact) mass is 185 g/mol. The van der Waals surface area contributed by atoms with E-state index in [9.17, 15) is 4.39 Å². The summed E-state index contributed by atoms with van der Waals surface area (Å²) in [5, 5.41) is 0. The Morgan fingerprint density at radius 2 is 2.15 bits per heavy atom. The molecule has 3 nitrogen and oxygen atoms in total. The lowest BCUT2D eigenvalue weighted by molar-refractivity contribution is 0.301. The summed E-state index contributed by atoms with van der Waals surface area (Å²) in [7, 11) is 1.46. The molecule has 0 amide bonds. The van der Waals surface area contributed by atoms with Crippen molar-refractivity contribution in [2.75, 3.05) is 20.3 Å². The Morgan fingerprint density at radius 3 is 2.77 bits per heavy atom. The van der Waals surface area contributed by atoms with E-state index in [0.717, 1.165) is 0 Å². The topological polar surface area (TPSA) is 44.5 Å². The molecule has 2 N–H and O–H groups in total. The van der Waals surface area contributed by atoms with Crippen LogP contribution in [0.15, 0.2) is 18.2 Å². The Morgan fingerprint density at radius 1 is 1.38 bits per heavy atom. The van der Waals surface area contributed by atoms with Gasteiger partial charge in [0.05, 0.1) is 7.11 Å². The molecule has 0 aromatic heterocycles. The molecule has 0 heterocycles. The minimum Gasteiger partial charge on any atom is -0.493 e. The van der Waals surface area contributed by atoms with Gasteiger partial charge < -0.3 is 15.2 Å². The number of benzene rings is 1.